The van der Waals surface area contributed by atoms with Crippen molar-refractivity contribution in [2.24, 2.45) is 4.99 Å². The number of aliphatic imine (C=N–C) groups is 1. The molecule has 0 saturated heterocycles. The van der Waals surface area contributed by atoms with E-state index < -0.39 is 0 Å². The summed E-state index contributed by atoms with van der Waals surface area (Å²) in [6, 6.07) is 29.3. The molecule has 0 radical (unpaired) electrons. The Hall–Kier alpha value is -4.36. The van der Waals surface area contributed by atoms with E-state index in [2.05, 4.69) is 17.6 Å². The molecule has 0 fully saturated rings. The molecule has 4 aromatic rings. The van der Waals surface area contributed by atoms with Crippen LogP contribution < -0.4 is 4.74 Å². The minimum atomic E-state index is 0.276. The third kappa shape index (κ3) is 4.47. The second kappa shape index (κ2) is 9.43. The predicted molar refractivity (Wildman–Crippen MR) is 124 cm³/mol. The zero-order chi connectivity index (χ0) is 21.5. The van der Waals surface area contributed by atoms with Gasteiger partial charge in [-0.25, -0.2) is 4.99 Å². The van der Waals surface area contributed by atoms with Crippen LogP contribution in [0, 0.1) is 11.3 Å². The first-order valence-corrected chi connectivity index (χ1v) is 9.85. The molecular formula is C27H20N2O2. The lowest BCUT2D eigenvalue weighted by Crippen LogP contribution is -1.93. The van der Waals surface area contributed by atoms with Crippen molar-refractivity contribution in [2.75, 3.05) is 6.61 Å². The Morgan fingerprint density at radius 3 is 2.32 bits per heavy atom. The molecule has 0 unspecified atom stereocenters. The van der Waals surface area contributed by atoms with Gasteiger partial charge in [0.25, 0.3) is 0 Å². The summed E-state index contributed by atoms with van der Waals surface area (Å²) in [6.07, 6.45) is 3.36. The van der Waals surface area contributed by atoms with Crippen molar-refractivity contribution in [3.05, 3.63) is 109 Å². The first-order chi connectivity index (χ1) is 15.3. The van der Waals surface area contributed by atoms with Gasteiger partial charge in [0.15, 0.2) is 0 Å². The van der Waals surface area contributed by atoms with Gasteiger partial charge in [0.05, 0.1) is 0 Å². The molecule has 1 aromatic heterocycles. The normalized spacial score (nSPS) is 10.7. The molecule has 3 aromatic carbocycles. The predicted octanol–water partition coefficient (Wildman–Crippen LogP) is 6.80. The van der Waals surface area contributed by atoms with Crippen molar-refractivity contribution in [1.82, 2.24) is 0 Å². The molecule has 0 amide bonds. The molecule has 0 aliphatic rings. The molecular weight excluding hydrogens is 384 g/mol. The van der Waals surface area contributed by atoms with Crippen LogP contribution in [0.15, 0.2) is 107 Å². The quantitative estimate of drug-likeness (QED) is 0.251. The number of hydrogen-bond acceptors (Lipinski definition) is 4. The van der Waals surface area contributed by atoms with Crippen LogP contribution in [0.4, 0.5) is 5.88 Å². The maximum absolute atomic E-state index is 9.95. The van der Waals surface area contributed by atoms with E-state index in [1.165, 1.54) is 0 Å². The van der Waals surface area contributed by atoms with Crippen molar-refractivity contribution >= 4 is 12.1 Å². The number of ether oxygens (including phenoxy) is 1. The average molecular weight is 404 g/mol. The zero-order valence-electron chi connectivity index (χ0n) is 16.9. The van der Waals surface area contributed by atoms with Gasteiger partial charge in [0.2, 0.25) is 5.88 Å². The molecule has 0 saturated carbocycles. The SMILES string of the molecule is C=CCOc1cccc(C=Nc2oc(-c3ccccc3)c(-c3ccccc3)c2C#N)c1. The largest absolute Gasteiger partial charge is 0.490 e. The monoisotopic (exact) mass is 404 g/mol. The van der Waals surface area contributed by atoms with Gasteiger partial charge in [0, 0.05) is 17.3 Å². The lowest BCUT2D eigenvalue weighted by molar-refractivity contribution is 0.363. The van der Waals surface area contributed by atoms with Gasteiger partial charge in [0.1, 0.15) is 29.7 Å². The molecule has 31 heavy (non-hydrogen) atoms. The molecule has 0 aliphatic heterocycles. The molecule has 0 N–H and O–H groups in total. The number of rotatable bonds is 7. The Balaban J connectivity index is 1.79. The van der Waals surface area contributed by atoms with Crippen molar-refractivity contribution < 1.29 is 9.15 Å². The van der Waals surface area contributed by atoms with E-state index in [0.29, 0.717) is 17.9 Å². The molecule has 0 bridgehead atoms. The standard InChI is InChI=1S/C27H20N2O2/c1-2-16-30-23-15-9-10-20(17-23)19-29-27-24(18-28)25(21-11-5-3-6-12-21)26(31-27)22-13-7-4-8-14-22/h2-15,17,19H,1,16H2. The summed E-state index contributed by atoms with van der Waals surface area (Å²) in [5.41, 5.74) is 3.77. The number of nitriles is 1. The third-order valence-corrected chi connectivity index (χ3v) is 4.66. The van der Waals surface area contributed by atoms with Gasteiger partial charge >= 0.3 is 0 Å². The van der Waals surface area contributed by atoms with Crippen LogP contribution in [0.25, 0.3) is 22.5 Å². The van der Waals surface area contributed by atoms with Gasteiger partial charge in [-0.05, 0) is 23.3 Å². The minimum absolute atomic E-state index is 0.276. The van der Waals surface area contributed by atoms with E-state index >= 15 is 0 Å². The van der Waals surface area contributed by atoms with Crippen molar-refractivity contribution in [3.63, 3.8) is 0 Å². The fraction of sp³-hybridized carbons (Fsp3) is 0.0370. The van der Waals surface area contributed by atoms with Crippen LogP contribution in [-0.2, 0) is 0 Å². The molecule has 4 rings (SSSR count). The fourth-order valence-electron chi connectivity index (χ4n) is 3.26. The summed E-state index contributed by atoms with van der Waals surface area (Å²) in [5.74, 6) is 1.62. The van der Waals surface area contributed by atoms with Gasteiger partial charge in [-0.1, -0.05) is 85.5 Å². The van der Waals surface area contributed by atoms with E-state index in [-0.39, 0.29) is 5.88 Å². The summed E-state index contributed by atoms with van der Waals surface area (Å²) in [4.78, 5) is 4.51. The van der Waals surface area contributed by atoms with E-state index in [9.17, 15) is 5.26 Å². The first-order valence-electron chi connectivity index (χ1n) is 9.85. The molecule has 4 nitrogen and oxygen atoms in total. The average Bonchev–Trinajstić information content (AvgIpc) is 3.21. The Morgan fingerprint density at radius 1 is 0.935 bits per heavy atom. The molecule has 0 spiro atoms. The summed E-state index contributed by atoms with van der Waals surface area (Å²) in [7, 11) is 0. The minimum Gasteiger partial charge on any atom is -0.490 e. The summed E-state index contributed by atoms with van der Waals surface area (Å²) in [6.45, 7) is 4.09. The fourth-order valence-corrected chi connectivity index (χ4v) is 3.26. The topological polar surface area (TPSA) is 58.5 Å². The Morgan fingerprint density at radius 2 is 1.65 bits per heavy atom. The van der Waals surface area contributed by atoms with Gasteiger partial charge in [-0.3, -0.25) is 0 Å². The van der Waals surface area contributed by atoms with Crippen LogP contribution in [0.5, 0.6) is 5.75 Å². The summed E-state index contributed by atoms with van der Waals surface area (Å²) in [5, 5.41) is 9.95. The Labute approximate surface area is 181 Å². The van der Waals surface area contributed by atoms with Crippen LogP contribution >= 0.6 is 0 Å². The lowest BCUT2D eigenvalue weighted by Gasteiger charge is -2.03. The molecule has 4 heteroatoms. The Kier molecular flexibility index (Phi) is 6.06. The van der Waals surface area contributed by atoms with Crippen LogP contribution in [0.3, 0.4) is 0 Å². The van der Waals surface area contributed by atoms with Gasteiger partial charge < -0.3 is 9.15 Å². The maximum atomic E-state index is 9.95. The highest BCUT2D eigenvalue weighted by Crippen LogP contribution is 2.42. The first kappa shape index (κ1) is 19.9. The number of nitrogens with zero attached hydrogens (tertiary/aromatic N) is 2. The highest BCUT2D eigenvalue weighted by atomic mass is 16.5. The van der Waals surface area contributed by atoms with Crippen molar-refractivity contribution in [2.45, 2.75) is 0 Å². The smallest absolute Gasteiger partial charge is 0.238 e. The second-order valence-corrected chi connectivity index (χ2v) is 6.76. The number of benzene rings is 3. The third-order valence-electron chi connectivity index (χ3n) is 4.66. The molecule has 150 valence electrons. The highest BCUT2D eigenvalue weighted by Gasteiger charge is 2.22. The lowest BCUT2D eigenvalue weighted by atomic mass is 9.98. The molecule has 0 atom stereocenters. The molecule has 0 aliphatic carbocycles. The van der Waals surface area contributed by atoms with Crippen LogP contribution in [0.2, 0.25) is 0 Å². The molecule has 1 heterocycles. The van der Waals surface area contributed by atoms with Gasteiger partial charge in [-0.2, -0.15) is 5.26 Å². The number of furan rings is 1. The number of hydrogen-bond donors (Lipinski definition) is 0. The van der Waals surface area contributed by atoms with E-state index in [1.54, 1.807) is 12.3 Å². The zero-order valence-corrected chi connectivity index (χ0v) is 16.9. The maximum Gasteiger partial charge on any atom is 0.238 e. The van der Waals surface area contributed by atoms with E-state index in [1.807, 2.05) is 84.9 Å². The summed E-state index contributed by atoms with van der Waals surface area (Å²) < 4.78 is 11.7. The van der Waals surface area contributed by atoms with Crippen LogP contribution in [-0.4, -0.2) is 12.8 Å². The van der Waals surface area contributed by atoms with E-state index in [0.717, 1.165) is 28.0 Å². The van der Waals surface area contributed by atoms with Crippen molar-refractivity contribution in [3.8, 4) is 34.3 Å². The van der Waals surface area contributed by atoms with Crippen LogP contribution in [0.1, 0.15) is 11.1 Å². The van der Waals surface area contributed by atoms with E-state index in [4.69, 9.17) is 9.15 Å². The second-order valence-electron chi connectivity index (χ2n) is 6.76. The van der Waals surface area contributed by atoms with Crippen molar-refractivity contribution in [1.29, 1.82) is 5.26 Å². The Bertz CT molecular complexity index is 1250. The highest BCUT2D eigenvalue weighted by molar-refractivity contribution is 5.90. The van der Waals surface area contributed by atoms with Gasteiger partial charge in [-0.15, -0.1) is 0 Å². The summed E-state index contributed by atoms with van der Waals surface area (Å²) >= 11 is 0.